The molecular formula is C21H24BrNO6. The van der Waals surface area contributed by atoms with Gasteiger partial charge < -0.3 is 24.3 Å². The second-order valence-corrected chi connectivity index (χ2v) is 6.80. The highest BCUT2D eigenvalue weighted by molar-refractivity contribution is 9.10. The van der Waals surface area contributed by atoms with Gasteiger partial charge in [-0.15, -0.1) is 0 Å². The number of hydrogen-bond acceptors (Lipinski definition) is 6. The average molecular weight is 466 g/mol. The van der Waals surface area contributed by atoms with Gasteiger partial charge in [0.15, 0.2) is 0 Å². The van der Waals surface area contributed by atoms with E-state index in [4.69, 9.17) is 18.9 Å². The Morgan fingerprint density at radius 3 is 2.24 bits per heavy atom. The smallest absolute Gasteiger partial charge is 0.308 e. The summed E-state index contributed by atoms with van der Waals surface area (Å²) in [6.07, 6.45) is -0.0163. The van der Waals surface area contributed by atoms with Crippen LogP contribution in [0.25, 0.3) is 0 Å². The Labute approximate surface area is 178 Å². The number of benzene rings is 2. The van der Waals surface area contributed by atoms with E-state index >= 15 is 0 Å². The van der Waals surface area contributed by atoms with E-state index in [2.05, 4.69) is 21.2 Å². The van der Waals surface area contributed by atoms with Crippen LogP contribution in [0.2, 0.25) is 0 Å². The van der Waals surface area contributed by atoms with Crippen molar-refractivity contribution in [2.45, 2.75) is 19.4 Å². The Hall–Kier alpha value is -2.74. The molecular weight excluding hydrogens is 442 g/mol. The normalized spacial score (nSPS) is 11.3. The molecule has 1 unspecified atom stereocenters. The number of carbonyl (C=O) groups is 2. The van der Waals surface area contributed by atoms with E-state index < -0.39 is 12.0 Å². The molecule has 0 spiro atoms. The molecule has 0 aliphatic rings. The summed E-state index contributed by atoms with van der Waals surface area (Å²) in [6, 6.07) is 9.76. The van der Waals surface area contributed by atoms with Crippen LogP contribution in [0, 0.1) is 0 Å². The minimum atomic E-state index is -0.600. The molecule has 0 aliphatic heterocycles. The van der Waals surface area contributed by atoms with Gasteiger partial charge in [-0.2, -0.15) is 0 Å². The molecule has 2 aromatic rings. The zero-order valence-electron chi connectivity index (χ0n) is 16.8. The lowest BCUT2D eigenvalue weighted by atomic mass is 10.0. The van der Waals surface area contributed by atoms with Crippen molar-refractivity contribution in [3.63, 3.8) is 0 Å². The molecule has 2 aromatic carbocycles. The number of rotatable bonds is 9. The third-order valence-corrected chi connectivity index (χ3v) is 4.97. The molecule has 0 heterocycles. The monoisotopic (exact) mass is 465 g/mol. The second kappa shape index (κ2) is 10.7. The van der Waals surface area contributed by atoms with Gasteiger partial charge in [0.1, 0.15) is 21.7 Å². The van der Waals surface area contributed by atoms with Crippen molar-refractivity contribution in [1.82, 2.24) is 5.32 Å². The van der Waals surface area contributed by atoms with Crippen LogP contribution in [0.4, 0.5) is 0 Å². The van der Waals surface area contributed by atoms with Crippen LogP contribution in [-0.2, 0) is 9.53 Å². The molecule has 29 heavy (non-hydrogen) atoms. The molecule has 8 heteroatoms. The van der Waals surface area contributed by atoms with Gasteiger partial charge >= 0.3 is 5.97 Å². The van der Waals surface area contributed by atoms with Crippen LogP contribution in [-0.4, -0.2) is 39.8 Å². The number of hydrogen-bond donors (Lipinski definition) is 1. The summed E-state index contributed by atoms with van der Waals surface area (Å²) in [6.45, 7) is 2.00. The number of nitrogens with one attached hydrogen (secondary N) is 1. The van der Waals surface area contributed by atoms with Crippen molar-refractivity contribution < 1.29 is 28.5 Å². The number of esters is 1. The van der Waals surface area contributed by atoms with Crippen LogP contribution in [0.3, 0.4) is 0 Å². The molecule has 2 rings (SSSR count). The van der Waals surface area contributed by atoms with Crippen molar-refractivity contribution in [2.24, 2.45) is 0 Å². The van der Waals surface area contributed by atoms with Gasteiger partial charge in [-0.05, 0) is 52.7 Å². The van der Waals surface area contributed by atoms with E-state index in [0.717, 1.165) is 5.56 Å². The Balaban J connectivity index is 2.34. The van der Waals surface area contributed by atoms with Crippen molar-refractivity contribution in [3.05, 3.63) is 52.0 Å². The molecule has 1 atom stereocenters. The third-order valence-electron chi connectivity index (χ3n) is 4.19. The molecule has 1 N–H and O–H groups in total. The Morgan fingerprint density at radius 1 is 1.03 bits per heavy atom. The molecule has 0 aliphatic carbocycles. The van der Waals surface area contributed by atoms with Crippen molar-refractivity contribution in [2.75, 3.05) is 27.9 Å². The van der Waals surface area contributed by atoms with E-state index in [0.29, 0.717) is 27.3 Å². The number of carbonyl (C=O) groups excluding carboxylic acids is 2. The van der Waals surface area contributed by atoms with Gasteiger partial charge in [-0.1, -0.05) is 12.1 Å². The average Bonchev–Trinajstić information content (AvgIpc) is 2.73. The summed E-state index contributed by atoms with van der Waals surface area (Å²) in [5.74, 6) is 0.742. The summed E-state index contributed by atoms with van der Waals surface area (Å²) in [4.78, 5) is 25.0. The first kappa shape index (κ1) is 22.5. The predicted octanol–water partition coefficient (Wildman–Crippen LogP) is 3.90. The van der Waals surface area contributed by atoms with Crippen molar-refractivity contribution >= 4 is 27.8 Å². The number of ether oxygens (including phenoxy) is 4. The number of amides is 1. The third kappa shape index (κ3) is 5.87. The quantitative estimate of drug-likeness (QED) is 0.565. The zero-order valence-corrected chi connectivity index (χ0v) is 18.4. The molecule has 0 fully saturated rings. The summed E-state index contributed by atoms with van der Waals surface area (Å²) in [5, 5.41) is 2.89. The van der Waals surface area contributed by atoms with Crippen molar-refractivity contribution in [1.29, 1.82) is 0 Å². The molecule has 0 aromatic heterocycles. The van der Waals surface area contributed by atoms with E-state index in [1.807, 2.05) is 6.07 Å². The van der Waals surface area contributed by atoms with Gasteiger partial charge in [0, 0.05) is 5.56 Å². The first-order valence-corrected chi connectivity index (χ1v) is 9.74. The number of methoxy groups -OCH3 is 3. The molecule has 0 bridgehead atoms. The van der Waals surface area contributed by atoms with Gasteiger partial charge in [0.25, 0.3) is 5.91 Å². The van der Waals surface area contributed by atoms with Crippen LogP contribution < -0.4 is 19.5 Å². The SMILES string of the molecule is CCOC(=O)CC(NC(=O)c1cc(OC)c(Br)c(OC)c1)c1cccc(OC)c1. The maximum Gasteiger partial charge on any atom is 0.308 e. The van der Waals surface area contributed by atoms with E-state index in [1.54, 1.807) is 44.4 Å². The minimum absolute atomic E-state index is 0.0163. The molecule has 1 amide bonds. The fourth-order valence-electron chi connectivity index (χ4n) is 2.74. The standard InChI is InChI=1S/C21H24BrNO6/c1-5-29-19(24)12-16(13-7-6-8-15(9-13)26-2)23-21(25)14-10-17(27-3)20(22)18(11-14)28-4/h6-11,16H,5,12H2,1-4H3,(H,23,25). The van der Waals surface area contributed by atoms with Gasteiger partial charge in [0.2, 0.25) is 0 Å². The topological polar surface area (TPSA) is 83.1 Å². The molecule has 0 radical (unpaired) electrons. The van der Waals surface area contributed by atoms with Crippen LogP contribution in [0.15, 0.2) is 40.9 Å². The van der Waals surface area contributed by atoms with E-state index in [1.165, 1.54) is 14.2 Å². The van der Waals surface area contributed by atoms with Crippen LogP contribution in [0.5, 0.6) is 17.2 Å². The lowest BCUT2D eigenvalue weighted by Crippen LogP contribution is -2.30. The summed E-state index contributed by atoms with van der Waals surface area (Å²) in [7, 11) is 4.56. The summed E-state index contributed by atoms with van der Waals surface area (Å²) >= 11 is 3.38. The van der Waals surface area contributed by atoms with Crippen LogP contribution in [0.1, 0.15) is 35.3 Å². The maximum absolute atomic E-state index is 12.9. The second-order valence-electron chi connectivity index (χ2n) is 6.01. The maximum atomic E-state index is 12.9. The van der Waals surface area contributed by atoms with Gasteiger partial charge in [-0.25, -0.2) is 0 Å². The van der Waals surface area contributed by atoms with Gasteiger partial charge in [0.05, 0.1) is 40.4 Å². The fourth-order valence-corrected chi connectivity index (χ4v) is 3.29. The lowest BCUT2D eigenvalue weighted by Gasteiger charge is -2.20. The predicted molar refractivity (Wildman–Crippen MR) is 112 cm³/mol. The highest BCUT2D eigenvalue weighted by Gasteiger charge is 2.22. The summed E-state index contributed by atoms with van der Waals surface area (Å²) in [5.41, 5.74) is 1.06. The Bertz CT molecular complexity index is 845. The van der Waals surface area contributed by atoms with Gasteiger partial charge in [-0.3, -0.25) is 9.59 Å². The molecule has 7 nitrogen and oxygen atoms in total. The molecule has 0 saturated carbocycles. The first-order chi connectivity index (χ1) is 13.9. The molecule has 0 saturated heterocycles. The molecule has 156 valence electrons. The minimum Gasteiger partial charge on any atom is -0.497 e. The fraction of sp³-hybridized carbons (Fsp3) is 0.333. The Kier molecular flexibility index (Phi) is 8.33. The first-order valence-electron chi connectivity index (χ1n) is 8.95. The van der Waals surface area contributed by atoms with Crippen molar-refractivity contribution in [3.8, 4) is 17.2 Å². The highest BCUT2D eigenvalue weighted by atomic mass is 79.9. The number of halogens is 1. The zero-order chi connectivity index (χ0) is 21.4. The van der Waals surface area contributed by atoms with E-state index in [-0.39, 0.29) is 18.9 Å². The Morgan fingerprint density at radius 2 is 1.69 bits per heavy atom. The van der Waals surface area contributed by atoms with Crippen LogP contribution >= 0.6 is 15.9 Å². The highest BCUT2D eigenvalue weighted by Crippen LogP contribution is 2.35. The summed E-state index contributed by atoms with van der Waals surface area (Å²) < 4.78 is 21.5. The largest absolute Gasteiger partial charge is 0.497 e. The van der Waals surface area contributed by atoms with E-state index in [9.17, 15) is 9.59 Å². The lowest BCUT2D eigenvalue weighted by molar-refractivity contribution is -0.143.